The molecule has 0 saturated carbocycles. The van der Waals surface area contributed by atoms with Crippen molar-refractivity contribution >= 4 is 17.9 Å². The van der Waals surface area contributed by atoms with E-state index in [4.69, 9.17) is 36.7 Å². The number of hydrogen-bond donors (Lipinski definition) is 6. The second kappa shape index (κ2) is 6.70. The largest absolute Gasteiger partial charge is 0.481 e. The van der Waals surface area contributed by atoms with Gasteiger partial charge in [-0.3, -0.25) is 4.79 Å². The van der Waals surface area contributed by atoms with Crippen LogP contribution < -0.4 is 11.5 Å². The summed E-state index contributed by atoms with van der Waals surface area (Å²) in [4.78, 5) is 29.1. The van der Waals surface area contributed by atoms with Gasteiger partial charge >= 0.3 is 17.9 Å². The Bertz CT molecular complexity index is 250. The third-order valence-corrected chi connectivity index (χ3v) is 0.977. The van der Waals surface area contributed by atoms with Crippen LogP contribution in [0.1, 0.15) is 6.42 Å². The van der Waals surface area contributed by atoms with Crippen LogP contribution in [-0.4, -0.2) is 50.6 Å². The van der Waals surface area contributed by atoms with Gasteiger partial charge in [0.05, 0.1) is 6.42 Å². The third-order valence-electron chi connectivity index (χ3n) is 0.977. The van der Waals surface area contributed by atoms with Crippen LogP contribution in [0.3, 0.4) is 0 Å². The third kappa shape index (κ3) is 10.2. The monoisotopic (exact) mass is 224 g/mol. The van der Waals surface area contributed by atoms with Crippen LogP contribution in [0.5, 0.6) is 0 Å². The van der Waals surface area contributed by atoms with Crippen molar-refractivity contribution in [1.82, 2.24) is 0 Å². The number of aliphatic carboxylic acids is 3. The van der Waals surface area contributed by atoms with Crippen molar-refractivity contribution in [2.24, 2.45) is 11.5 Å². The average molecular weight is 224 g/mol. The zero-order chi connectivity index (χ0) is 12.6. The van der Waals surface area contributed by atoms with E-state index in [1.54, 1.807) is 0 Å². The summed E-state index contributed by atoms with van der Waals surface area (Å²) in [7, 11) is 0. The van der Waals surface area contributed by atoms with E-state index in [-0.39, 0.29) is 0 Å². The Balaban J connectivity index is 0. The minimum absolute atomic E-state index is 0.778. The lowest BCUT2D eigenvalue weighted by Crippen LogP contribution is -2.57. The minimum Gasteiger partial charge on any atom is -0.481 e. The molecular weight excluding hydrogens is 212 g/mol. The van der Waals surface area contributed by atoms with Gasteiger partial charge in [0.2, 0.25) is 0 Å². The van der Waals surface area contributed by atoms with E-state index in [9.17, 15) is 9.59 Å². The Labute approximate surface area is 83.9 Å². The van der Waals surface area contributed by atoms with E-state index in [0.29, 0.717) is 0 Å². The van der Waals surface area contributed by atoms with E-state index in [1.165, 1.54) is 0 Å². The fraction of sp³-hybridized carbons (Fsp3) is 0.500. The van der Waals surface area contributed by atoms with Gasteiger partial charge in [0.1, 0.15) is 6.61 Å². The van der Waals surface area contributed by atoms with Gasteiger partial charge in [-0.1, -0.05) is 0 Å². The normalized spacial score (nSPS) is 9.80. The van der Waals surface area contributed by atoms with E-state index in [1.807, 2.05) is 0 Å². The van der Waals surface area contributed by atoms with Crippen LogP contribution >= 0.6 is 0 Å². The van der Waals surface area contributed by atoms with Gasteiger partial charge < -0.3 is 31.9 Å². The molecule has 0 saturated heterocycles. The molecule has 0 aromatic rings. The van der Waals surface area contributed by atoms with Crippen LogP contribution in [-0.2, 0) is 14.4 Å². The molecule has 0 spiro atoms. The number of carbonyl (C=O) groups is 3. The number of carboxylic acids is 3. The molecule has 0 rings (SSSR count). The van der Waals surface area contributed by atoms with Crippen LogP contribution in [0.4, 0.5) is 0 Å². The Morgan fingerprint density at radius 2 is 1.33 bits per heavy atom. The number of aliphatic hydroxyl groups is 1. The van der Waals surface area contributed by atoms with Gasteiger partial charge in [-0.05, 0) is 0 Å². The van der Waals surface area contributed by atoms with Crippen LogP contribution in [0.25, 0.3) is 0 Å². The summed E-state index contributed by atoms with van der Waals surface area (Å²) in [5.74, 6) is -4.06. The van der Waals surface area contributed by atoms with E-state index in [0.717, 1.165) is 0 Å². The molecule has 15 heavy (non-hydrogen) atoms. The highest BCUT2D eigenvalue weighted by atomic mass is 16.4. The maximum atomic E-state index is 10.0. The first-order valence-electron chi connectivity index (χ1n) is 3.49. The second-order valence-electron chi connectivity index (χ2n) is 2.47. The Kier molecular flexibility index (Phi) is 7.04. The first kappa shape index (κ1) is 15.7. The highest BCUT2D eigenvalue weighted by molar-refractivity contribution is 5.83. The molecule has 88 valence electrons. The van der Waals surface area contributed by atoms with Gasteiger partial charge in [0, 0.05) is 0 Å². The molecule has 0 unspecified atom stereocenters. The van der Waals surface area contributed by atoms with Crippen molar-refractivity contribution in [1.29, 1.82) is 0 Å². The quantitative estimate of drug-likeness (QED) is 0.275. The molecule has 0 aromatic carbocycles. The van der Waals surface area contributed by atoms with Gasteiger partial charge in [-0.15, -0.1) is 0 Å². The maximum absolute atomic E-state index is 10.0. The lowest BCUT2D eigenvalue weighted by atomic mass is 10.1. The number of carboxylic acid groups (broad SMARTS) is 3. The lowest BCUT2D eigenvalue weighted by molar-refractivity contribution is -0.149. The molecule has 0 aromatic heterocycles. The molecular formula is C6H12N2O7. The van der Waals surface area contributed by atoms with Gasteiger partial charge in [0.25, 0.3) is 0 Å². The Morgan fingerprint density at radius 1 is 1.00 bits per heavy atom. The minimum atomic E-state index is -2.16. The lowest BCUT2D eigenvalue weighted by Gasteiger charge is -2.15. The number of aliphatic hydroxyl groups excluding tert-OH is 1. The molecule has 9 nitrogen and oxygen atoms in total. The SMILES string of the molecule is NC(N)(CC(=O)O)C(=O)O.O=C(O)CO. The predicted molar refractivity (Wildman–Crippen MR) is 45.7 cm³/mol. The van der Waals surface area contributed by atoms with Gasteiger partial charge in [0.15, 0.2) is 5.66 Å². The van der Waals surface area contributed by atoms with E-state index < -0.39 is 36.6 Å². The zero-order valence-corrected chi connectivity index (χ0v) is 7.58. The summed E-state index contributed by atoms with van der Waals surface area (Å²) in [6, 6.07) is 0. The molecule has 0 aliphatic rings. The van der Waals surface area contributed by atoms with Crippen molar-refractivity contribution in [3.63, 3.8) is 0 Å². The Hall–Kier alpha value is -1.71. The van der Waals surface area contributed by atoms with Crippen LogP contribution in [0, 0.1) is 0 Å². The van der Waals surface area contributed by atoms with Gasteiger partial charge in [-0.2, -0.15) is 0 Å². The van der Waals surface area contributed by atoms with E-state index in [2.05, 4.69) is 0 Å². The molecule has 0 radical (unpaired) electrons. The summed E-state index contributed by atoms with van der Waals surface area (Å²) in [6.07, 6.45) is -0.789. The molecule has 0 heterocycles. The van der Waals surface area contributed by atoms with Crippen LogP contribution in [0.2, 0.25) is 0 Å². The van der Waals surface area contributed by atoms with Crippen LogP contribution in [0.15, 0.2) is 0 Å². The number of hydrogen-bond acceptors (Lipinski definition) is 6. The summed E-state index contributed by atoms with van der Waals surface area (Å²) in [5.41, 5.74) is 7.55. The van der Waals surface area contributed by atoms with Gasteiger partial charge in [-0.25, -0.2) is 9.59 Å². The van der Waals surface area contributed by atoms with Crippen molar-refractivity contribution in [2.75, 3.05) is 6.61 Å². The first-order chi connectivity index (χ1) is 6.63. The van der Waals surface area contributed by atoms with Crippen molar-refractivity contribution in [3.8, 4) is 0 Å². The molecule has 9 heteroatoms. The van der Waals surface area contributed by atoms with E-state index >= 15 is 0 Å². The smallest absolute Gasteiger partial charge is 0.339 e. The molecule has 8 N–H and O–H groups in total. The standard InChI is InChI=1S/C4H8N2O4.C2H4O3/c5-4(6,3(9)10)1-2(7)8;3-1-2(4)5/h1,5-6H2,(H,7,8)(H,9,10);3H,1H2,(H,4,5). The fourth-order valence-electron chi connectivity index (χ4n) is 0.326. The van der Waals surface area contributed by atoms with Crippen molar-refractivity contribution < 1.29 is 34.8 Å². The predicted octanol–water partition coefficient (Wildman–Crippen LogP) is -2.78. The highest BCUT2D eigenvalue weighted by Crippen LogP contribution is 1.96. The molecule has 0 aliphatic heterocycles. The van der Waals surface area contributed by atoms with Crippen molar-refractivity contribution in [2.45, 2.75) is 12.1 Å². The van der Waals surface area contributed by atoms with Crippen molar-refractivity contribution in [3.05, 3.63) is 0 Å². The highest BCUT2D eigenvalue weighted by Gasteiger charge is 2.31. The number of rotatable bonds is 4. The average Bonchev–Trinajstić information content (AvgIpc) is 2.02. The summed E-state index contributed by atoms with van der Waals surface area (Å²) >= 11 is 0. The maximum Gasteiger partial charge on any atom is 0.339 e. The molecule has 0 bridgehead atoms. The molecule has 0 aliphatic carbocycles. The molecule has 0 atom stereocenters. The molecule has 0 fully saturated rings. The second-order valence-corrected chi connectivity index (χ2v) is 2.47. The zero-order valence-electron chi connectivity index (χ0n) is 7.58. The fourth-order valence-corrected chi connectivity index (χ4v) is 0.326. The Morgan fingerprint density at radius 3 is 1.40 bits per heavy atom. The topological polar surface area (TPSA) is 184 Å². The molecule has 0 amide bonds. The summed E-state index contributed by atoms with van der Waals surface area (Å²) in [5, 5.41) is 31.3. The first-order valence-corrected chi connectivity index (χ1v) is 3.49. The number of nitrogens with two attached hydrogens (primary N) is 2. The summed E-state index contributed by atoms with van der Waals surface area (Å²) in [6.45, 7) is -0.778. The summed E-state index contributed by atoms with van der Waals surface area (Å²) < 4.78 is 0.